The molecule has 0 bridgehead atoms. The summed E-state index contributed by atoms with van der Waals surface area (Å²) in [5, 5.41) is 10.2. The molecule has 4 heteroatoms. The molecule has 0 amide bonds. The van der Waals surface area contributed by atoms with Gasteiger partial charge in [-0.05, 0) is 18.6 Å². The molecule has 1 aromatic carbocycles. The molecule has 0 aliphatic carbocycles. The van der Waals surface area contributed by atoms with E-state index in [0.29, 0.717) is 6.61 Å². The highest BCUT2D eigenvalue weighted by Crippen LogP contribution is 2.20. The highest BCUT2D eigenvalue weighted by molar-refractivity contribution is 6.01. The van der Waals surface area contributed by atoms with Gasteiger partial charge in [0.25, 0.3) is 0 Å². The molecule has 1 N–H and O–H groups in total. The number of esters is 1. The van der Waals surface area contributed by atoms with Crippen LogP contribution in [0.2, 0.25) is 0 Å². The van der Waals surface area contributed by atoms with Gasteiger partial charge >= 0.3 is 5.97 Å². The monoisotopic (exact) mass is 324 g/mol. The van der Waals surface area contributed by atoms with Crippen LogP contribution in [0.3, 0.4) is 0 Å². The van der Waals surface area contributed by atoms with E-state index in [9.17, 15) is 10.1 Å². The summed E-state index contributed by atoms with van der Waals surface area (Å²) in [7, 11) is 0. The first-order valence-corrected chi connectivity index (χ1v) is 8.61. The summed E-state index contributed by atoms with van der Waals surface area (Å²) in [6.45, 7) is 2.56. The Kier molecular flexibility index (Phi) is 7.10. The third kappa shape index (κ3) is 4.99. The van der Waals surface area contributed by atoms with Gasteiger partial charge in [-0.25, -0.2) is 4.79 Å². The molecule has 0 aliphatic heterocycles. The number of carbonyl (C=O) groups excluding carboxylic acids is 1. The number of nitrogens with one attached hydrogen (secondary N) is 1. The minimum atomic E-state index is -0.545. The lowest BCUT2D eigenvalue weighted by molar-refractivity contribution is -0.138. The quantitative estimate of drug-likeness (QED) is 0.306. The van der Waals surface area contributed by atoms with Crippen molar-refractivity contribution in [2.24, 2.45) is 0 Å². The van der Waals surface area contributed by atoms with Crippen molar-refractivity contribution in [1.82, 2.24) is 4.98 Å². The third-order valence-corrected chi connectivity index (χ3v) is 3.99. The van der Waals surface area contributed by atoms with Crippen molar-refractivity contribution in [3.05, 3.63) is 41.6 Å². The number of rotatable bonds is 9. The van der Waals surface area contributed by atoms with Crippen LogP contribution in [0, 0.1) is 11.3 Å². The number of fused-ring (bicyclic) bond motifs is 1. The third-order valence-electron chi connectivity index (χ3n) is 3.99. The number of nitriles is 1. The smallest absolute Gasteiger partial charge is 0.348 e. The zero-order valence-electron chi connectivity index (χ0n) is 14.2. The highest BCUT2D eigenvalue weighted by atomic mass is 16.5. The number of ether oxygens (including phenoxy) is 1. The fourth-order valence-electron chi connectivity index (χ4n) is 2.63. The van der Waals surface area contributed by atoms with Gasteiger partial charge in [-0.3, -0.25) is 0 Å². The van der Waals surface area contributed by atoms with Gasteiger partial charge in [0.15, 0.2) is 0 Å². The summed E-state index contributed by atoms with van der Waals surface area (Å²) in [5.74, 6) is -0.545. The molecule has 2 rings (SSSR count). The van der Waals surface area contributed by atoms with E-state index in [1.54, 1.807) is 12.3 Å². The second-order valence-corrected chi connectivity index (χ2v) is 5.86. The van der Waals surface area contributed by atoms with E-state index in [1.807, 2.05) is 30.3 Å². The second kappa shape index (κ2) is 9.57. The van der Waals surface area contributed by atoms with E-state index in [1.165, 1.54) is 25.7 Å². The molecule has 0 unspecified atom stereocenters. The van der Waals surface area contributed by atoms with Gasteiger partial charge < -0.3 is 9.72 Å². The number of H-pyrrole nitrogens is 1. The maximum absolute atomic E-state index is 12.0. The first-order chi connectivity index (χ1) is 11.8. The summed E-state index contributed by atoms with van der Waals surface area (Å²) in [6, 6.07) is 9.72. The number of para-hydroxylation sites is 1. The molecule has 0 spiro atoms. The minimum absolute atomic E-state index is 0.0331. The molecule has 0 fully saturated rings. The molecule has 2 aromatic rings. The molecule has 4 nitrogen and oxygen atoms in total. The van der Waals surface area contributed by atoms with Gasteiger partial charge in [0, 0.05) is 22.7 Å². The predicted molar refractivity (Wildman–Crippen MR) is 96.2 cm³/mol. The number of carbonyl (C=O) groups is 1. The number of aromatic amines is 1. The second-order valence-electron chi connectivity index (χ2n) is 5.86. The van der Waals surface area contributed by atoms with Gasteiger partial charge in [0.05, 0.1) is 6.61 Å². The zero-order chi connectivity index (χ0) is 17.2. The van der Waals surface area contributed by atoms with E-state index < -0.39 is 5.97 Å². The summed E-state index contributed by atoms with van der Waals surface area (Å²) in [5.41, 5.74) is 1.82. The highest BCUT2D eigenvalue weighted by Gasteiger charge is 2.12. The Balaban J connectivity index is 1.89. The van der Waals surface area contributed by atoms with Gasteiger partial charge in [-0.1, -0.05) is 57.2 Å². The normalized spacial score (nSPS) is 11.4. The Bertz CT molecular complexity index is 737. The van der Waals surface area contributed by atoms with E-state index in [4.69, 9.17) is 4.74 Å². The SMILES string of the molecule is CCCCCCCCOC(=O)/C(C#N)=C/c1c[nH]c2ccccc12. The van der Waals surface area contributed by atoms with Crippen LogP contribution in [-0.2, 0) is 9.53 Å². The zero-order valence-corrected chi connectivity index (χ0v) is 14.2. The molecule has 0 saturated heterocycles. The lowest BCUT2D eigenvalue weighted by Gasteiger charge is -2.04. The Labute approximate surface area is 143 Å². The van der Waals surface area contributed by atoms with Gasteiger partial charge in [0.2, 0.25) is 0 Å². The van der Waals surface area contributed by atoms with Crippen LogP contribution >= 0.6 is 0 Å². The Morgan fingerprint density at radius 2 is 1.96 bits per heavy atom. The largest absolute Gasteiger partial charge is 0.462 e. The first-order valence-electron chi connectivity index (χ1n) is 8.61. The number of benzene rings is 1. The standard InChI is InChI=1S/C20H24N2O2/c1-2-3-4-5-6-9-12-24-20(23)16(14-21)13-17-15-22-19-11-8-7-10-18(17)19/h7-8,10-11,13,15,22H,2-6,9,12H2,1H3/b16-13+. The maximum Gasteiger partial charge on any atom is 0.348 e. The van der Waals surface area contributed by atoms with Crippen LogP contribution in [0.4, 0.5) is 0 Å². The number of hydrogen-bond acceptors (Lipinski definition) is 3. The number of hydrogen-bond donors (Lipinski definition) is 1. The Hall–Kier alpha value is -2.54. The molecule has 24 heavy (non-hydrogen) atoms. The van der Waals surface area contributed by atoms with Crippen molar-refractivity contribution in [2.45, 2.75) is 45.4 Å². The summed E-state index contributed by atoms with van der Waals surface area (Å²) in [4.78, 5) is 15.2. The predicted octanol–water partition coefficient (Wildman–Crippen LogP) is 4.98. The van der Waals surface area contributed by atoms with Crippen LogP contribution in [0.15, 0.2) is 36.0 Å². The molecule has 1 heterocycles. The number of unbranched alkanes of at least 4 members (excludes halogenated alkanes) is 5. The molecule has 0 radical (unpaired) electrons. The van der Waals surface area contributed by atoms with Crippen molar-refractivity contribution in [2.75, 3.05) is 6.61 Å². The average molecular weight is 324 g/mol. The van der Waals surface area contributed by atoms with Gasteiger partial charge in [0.1, 0.15) is 11.6 Å². The van der Waals surface area contributed by atoms with E-state index in [-0.39, 0.29) is 5.57 Å². The Morgan fingerprint density at radius 3 is 2.75 bits per heavy atom. The minimum Gasteiger partial charge on any atom is -0.462 e. The molecule has 0 atom stereocenters. The molecule has 126 valence electrons. The fraction of sp³-hybridized carbons (Fsp3) is 0.400. The van der Waals surface area contributed by atoms with Crippen LogP contribution in [0.5, 0.6) is 0 Å². The maximum atomic E-state index is 12.0. The first kappa shape index (κ1) is 17.8. The van der Waals surface area contributed by atoms with Crippen molar-refractivity contribution in [3.63, 3.8) is 0 Å². The van der Waals surface area contributed by atoms with Crippen molar-refractivity contribution in [3.8, 4) is 6.07 Å². The average Bonchev–Trinajstić information content (AvgIpc) is 3.01. The van der Waals surface area contributed by atoms with Crippen LogP contribution in [-0.4, -0.2) is 17.6 Å². The topological polar surface area (TPSA) is 65.9 Å². The summed E-state index contributed by atoms with van der Waals surface area (Å²) >= 11 is 0. The van der Waals surface area contributed by atoms with Crippen molar-refractivity contribution >= 4 is 22.9 Å². The van der Waals surface area contributed by atoms with Gasteiger partial charge in [-0.15, -0.1) is 0 Å². The number of aromatic nitrogens is 1. The lowest BCUT2D eigenvalue weighted by Crippen LogP contribution is -2.08. The van der Waals surface area contributed by atoms with Crippen molar-refractivity contribution < 1.29 is 9.53 Å². The van der Waals surface area contributed by atoms with E-state index >= 15 is 0 Å². The molecular weight excluding hydrogens is 300 g/mol. The molecule has 0 aliphatic rings. The van der Waals surface area contributed by atoms with Crippen molar-refractivity contribution in [1.29, 1.82) is 5.26 Å². The summed E-state index contributed by atoms with van der Waals surface area (Å²) in [6.07, 6.45) is 10.2. The Morgan fingerprint density at radius 1 is 1.21 bits per heavy atom. The molecular formula is C20H24N2O2. The van der Waals surface area contributed by atoms with E-state index in [0.717, 1.165) is 29.3 Å². The van der Waals surface area contributed by atoms with Crippen LogP contribution in [0.25, 0.3) is 17.0 Å². The van der Waals surface area contributed by atoms with Crippen LogP contribution in [0.1, 0.15) is 51.0 Å². The van der Waals surface area contributed by atoms with Gasteiger partial charge in [-0.2, -0.15) is 5.26 Å². The van der Waals surface area contributed by atoms with Crippen LogP contribution < -0.4 is 0 Å². The lowest BCUT2D eigenvalue weighted by atomic mass is 10.1. The molecule has 1 aromatic heterocycles. The van der Waals surface area contributed by atoms with E-state index in [2.05, 4.69) is 11.9 Å². The number of nitrogens with zero attached hydrogens (tertiary/aromatic N) is 1. The summed E-state index contributed by atoms with van der Waals surface area (Å²) < 4.78 is 5.22. The fourth-order valence-corrected chi connectivity index (χ4v) is 2.63. The molecule has 0 saturated carbocycles.